The number of likely N-dealkylation sites (N-methyl/N-ethyl adjacent to an activating group) is 1. The summed E-state index contributed by atoms with van der Waals surface area (Å²) in [7, 11) is 5.78. The van der Waals surface area contributed by atoms with Crippen molar-refractivity contribution in [3.63, 3.8) is 0 Å². The van der Waals surface area contributed by atoms with E-state index in [0.717, 1.165) is 17.5 Å². The molecule has 0 bridgehead atoms. The summed E-state index contributed by atoms with van der Waals surface area (Å²) in [5, 5.41) is 4.40. The average molecular weight is 543 g/mol. The number of hydrogen-bond donors (Lipinski definition) is 1. The Kier molecular flexibility index (Phi) is 14.5. The molecular weight excluding hydrogens is 500 g/mol. The minimum Gasteiger partial charge on any atom is -1.00 e. The maximum atomic E-state index is 13.5. The molecule has 8 heteroatoms. The Balaban J connectivity index is 0.00000722. The summed E-state index contributed by atoms with van der Waals surface area (Å²) in [6, 6.07) is 19.8. The van der Waals surface area contributed by atoms with Gasteiger partial charge < -0.3 is 21.8 Å². The molecule has 2 aromatic rings. The van der Waals surface area contributed by atoms with Crippen LogP contribution in [0.4, 0.5) is 0 Å². The third-order valence-corrected chi connectivity index (χ3v) is 6.02. The maximum Gasteiger partial charge on any atom is 0.295 e. The van der Waals surface area contributed by atoms with Gasteiger partial charge in [-0.15, -0.1) is 0 Å². The summed E-state index contributed by atoms with van der Waals surface area (Å²) in [6.07, 6.45) is 2.30. The van der Waals surface area contributed by atoms with Crippen molar-refractivity contribution in [3.05, 3.63) is 71.8 Å². The molecule has 0 saturated carbocycles. The number of carbonyl (C=O) groups excluding carboxylic acids is 3. The van der Waals surface area contributed by atoms with Gasteiger partial charge >= 0.3 is 0 Å². The van der Waals surface area contributed by atoms with E-state index in [1.807, 2.05) is 101 Å². The fraction of sp³-hybridized carbons (Fsp3) is 0.467. The Morgan fingerprint density at radius 3 is 1.82 bits per heavy atom. The Morgan fingerprint density at radius 2 is 1.37 bits per heavy atom. The summed E-state index contributed by atoms with van der Waals surface area (Å²) in [5.74, 6) is -0.545. The second-order valence-corrected chi connectivity index (χ2v) is 10.5. The topological polar surface area (TPSA) is 78.8 Å². The second kappa shape index (κ2) is 16.7. The van der Waals surface area contributed by atoms with Crippen molar-refractivity contribution in [3.8, 4) is 0 Å². The Bertz CT molecular complexity index is 995. The highest BCUT2D eigenvalue weighted by Gasteiger charge is 2.25. The van der Waals surface area contributed by atoms with Crippen LogP contribution in [0.5, 0.6) is 0 Å². The first-order chi connectivity index (χ1) is 17.6. The van der Waals surface area contributed by atoms with Crippen LogP contribution in [0.1, 0.15) is 57.1 Å². The molecule has 1 N–H and O–H groups in total. The second-order valence-electron chi connectivity index (χ2n) is 10.5. The highest BCUT2D eigenvalue weighted by atomic mass is 35.5. The van der Waals surface area contributed by atoms with Gasteiger partial charge in [0.25, 0.3) is 5.91 Å². The molecule has 0 spiro atoms. The molecular formula is C30H43ClN4O3. The van der Waals surface area contributed by atoms with Crippen LogP contribution in [0.2, 0.25) is 0 Å². The zero-order chi connectivity index (χ0) is 27.3. The van der Waals surface area contributed by atoms with Crippen LogP contribution in [0.25, 0.3) is 0 Å². The Hall–Kier alpha value is -3.03. The van der Waals surface area contributed by atoms with E-state index in [0.29, 0.717) is 42.5 Å². The first kappa shape index (κ1) is 33.0. The normalized spacial score (nSPS) is 12.3. The molecule has 0 aliphatic rings. The quantitative estimate of drug-likeness (QED) is 0.211. The van der Waals surface area contributed by atoms with E-state index in [2.05, 4.69) is 10.5 Å². The number of Topliss-reactive ketones (excluding diaryl/α,β-unsaturated/α-hetero) is 1. The van der Waals surface area contributed by atoms with E-state index in [1.54, 1.807) is 0 Å². The van der Waals surface area contributed by atoms with Crippen molar-refractivity contribution in [1.29, 1.82) is 0 Å². The van der Waals surface area contributed by atoms with Crippen molar-refractivity contribution in [1.82, 2.24) is 10.3 Å². The lowest BCUT2D eigenvalue weighted by molar-refractivity contribution is -0.862. The predicted molar refractivity (Wildman–Crippen MR) is 149 cm³/mol. The summed E-state index contributed by atoms with van der Waals surface area (Å²) in [6.45, 7) is 5.16. The average Bonchev–Trinajstić information content (AvgIpc) is 2.85. The smallest absolute Gasteiger partial charge is 0.295 e. The SMILES string of the molecule is CCCC(=O)C(CC)/C(CCC(=O)N(Cc1ccccc1)Cc1ccccc1)=N/NC(=O)C[N+](C)(C)C.[Cl-]. The molecule has 2 rings (SSSR count). The molecule has 1 unspecified atom stereocenters. The largest absolute Gasteiger partial charge is 1.00 e. The fourth-order valence-electron chi connectivity index (χ4n) is 4.21. The molecule has 208 valence electrons. The molecule has 7 nitrogen and oxygen atoms in total. The standard InChI is InChI=1S/C30H42N4O3.ClH/c1-6-14-28(35)26(7-2)27(31-32-29(36)23-34(3,4)5)19-20-30(37)33(21-24-15-10-8-11-16-24)22-25-17-12-9-13-18-25;/h8-13,15-18,26H,6-7,14,19-23H2,1-5H3;1H/b31-27+;. The van der Waals surface area contributed by atoms with Gasteiger partial charge in [0.2, 0.25) is 5.91 Å². The van der Waals surface area contributed by atoms with Crippen molar-refractivity contribution in [2.75, 3.05) is 27.7 Å². The first-order valence-corrected chi connectivity index (χ1v) is 13.2. The van der Waals surface area contributed by atoms with Crippen LogP contribution >= 0.6 is 0 Å². The third kappa shape index (κ3) is 12.0. The summed E-state index contributed by atoms with van der Waals surface area (Å²) >= 11 is 0. The predicted octanol–water partition coefficient (Wildman–Crippen LogP) is 1.57. The van der Waals surface area contributed by atoms with Crippen LogP contribution in [0.15, 0.2) is 65.8 Å². The number of hydrogen-bond acceptors (Lipinski definition) is 4. The molecule has 0 aliphatic heterocycles. The van der Waals surface area contributed by atoms with Gasteiger partial charge in [0.15, 0.2) is 6.54 Å². The van der Waals surface area contributed by atoms with Crippen LogP contribution < -0.4 is 17.8 Å². The summed E-state index contributed by atoms with van der Waals surface area (Å²) < 4.78 is 0.467. The molecule has 0 aliphatic carbocycles. The van der Waals surface area contributed by atoms with Crippen molar-refractivity contribution >= 4 is 23.3 Å². The van der Waals surface area contributed by atoms with Gasteiger partial charge in [-0.2, -0.15) is 5.10 Å². The van der Waals surface area contributed by atoms with Gasteiger partial charge in [0.1, 0.15) is 5.78 Å². The van der Waals surface area contributed by atoms with Crippen molar-refractivity contribution in [2.45, 2.75) is 59.0 Å². The number of hydrazone groups is 1. The van der Waals surface area contributed by atoms with Crippen molar-refractivity contribution in [2.24, 2.45) is 11.0 Å². The van der Waals surface area contributed by atoms with E-state index in [9.17, 15) is 14.4 Å². The van der Waals surface area contributed by atoms with Gasteiger partial charge in [0, 0.05) is 31.6 Å². The number of amides is 2. The Morgan fingerprint density at radius 1 is 0.842 bits per heavy atom. The van der Waals surface area contributed by atoms with Crippen LogP contribution in [-0.4, -0.2) is 60.4 Å². The lowest BCUT2D eigenvalue weighted by Crippen LogP contribution is -3.00. The molecule has 2 amide bonds. The van der Waals surface area contributed by atoms with Gasteiger partial charge in [-0.3, -0.25) is 14.4 Å². The lowest BCUT2D eigenvalue weighted by Gasteiger charge is -2.24. The number of nitrogens with one attached hydrogen (secondary N) is 1. The van der Waals surface area contributed by atoms with E-state index in [4.69, 9.17) is 0 Å². The lowest BCUT2D eigenvalue weighted by atomic mass is 9.90. The van der Waals surface area contributed by atoms with Gasteiger partial charge in [-0.25, -0.2) is 5.43 Å². The molecule has 0 saturated heterocycles. The number of benzene rings is 2. The molecule has 0 aromatic heterocycles. The molecule has 0 fully saturated rings. The molecule has 0 radical (unpaired) electrons. The van der Waals surface area contributed by atoms with Crippen LogP contribution in [0, 0.1) is 5.92 Å². The summed E-state index contributed by atoms with van der Waals surface area (Å²) in [5.41, 5.74) is 5.32. The van der Waals surface area contributed by atoms with Crippen LogP contribution in [0.3, 0.4) is 0 Å². The molecule has 0 heterocycles. The van der Waals surface area contributed by atoms with E-state index >= 15 is 0 Å². The summed E-state index contributed by atoms with van der Waals surface area (Å²) in [4.78, 5) is 40.6. The number of rotatable bonds is 15. The minimum absolute atomic E-state index is 0. The molecule has 2 aromatic carbocycles. The molecule has 38 heavy (non-hydrogen) atoms. The maximum absolute atomic E-state index is 13.5. The highest BCUT2D eigenvalue weighted by molar-refractivity contribution is 6.06. The van der Waals surface area contributed by atoms with E-state index in [-0.39, 0.29) is 43.0 Å². The number of carbonyl (C=O) groups is 3. The fourth-order valence-corrected chi connectivity index (χ4v) is 4.21. The van der Waals surface area contributed by atoms with E-state index < -0.39 is 5.92 Å². The molecule has 1 atom stereocenters. The van der Waals surface area contributed by atoms with Crippen molar-refractivity contribution < 1.29 is 31.3 Å². The first-order valence-electron chi connectivity index (χ1n) is 13.2. The highest BCUT2D eigenvalue weighted by Crippen LogP contribution is 2.17. The zero-order valence-corrected chi connectivity index (χ0v) is 24.2. The number of ketones is 1. The number of quaternary nitrogens is 1. The van der Waals surface area contributed by atoms with Crippen LogP contribution in [-0.2, 0) is 27.5 Å². The van der Waals surface area contributed by atoms with Gasteiger partial charge in [0.05, 0.1) is 27.1 Å². The Labute approximate surface area is 234 Å². The van der Waals surface area contributed by atoms with Gasteiger partial charge in [-0.05, 0) is 30.4 Å². The van der Waals surface area contributed by atoms with E-state index in [1.165, 1.54) is 0 Å². The number of halogens is 1. The number of nitrogens with zero attached hydrogens (tertiary/aromatic N) is 3. The third-order valence-electron chi connectivity index (χ3n) is 6.02. The monoisotopic (exact) mass is 542 g/mol. The zero-order valence-electron chi connectivity index (χ0n) is 23.5. The minimum atomic E-state index is -0.408. The van der Waals surface area contributed by atoms with Gasteiger partial charge in [-0.1, -0.05) is 74.5 Å².